The molecule has 226 valence electrons. The average molecular weight is 635 g/mol. The number of aromatic nitrogens is 4. The number of aliphatic hydroxyl groups excluding tert-OH is 1. The van der Waals surface area contributed by atoms with Crippen molar-refractivity contribution in [3.8, 4) is 10.7 Å². The number of hydrogen-bond donors (Lipinski definition) is 2. The molecular formula is C23H23F5N8O4S2. The first kappa shape index (κ1) is 30.0. The van der Waals surface area contributed by atoms with Crippen LogP contribution in [0.2, 0.25) is 0 Å². The van der Waals surface area contributed by atoms with Gasteiger partial charge in [0.25, 0.3) is 18.0 Å². The molecule has 3 heterocycles. The highest BCUT2D eigenvalue weighted by molar-refractivity contribution is 7.89. The number of nitrogens with zero attached hydrogens (tertiary/aromatic N) is 7. The lowest BCUT2D eigenvalue weighted by atomic mass is 10.1. The van der Waals surface area contributed by atoms with E-state index in [1.165, 1.54) is 17.9 Å². The third-order valence-corrected chi connectivity index (χ3v) is 9.26. The van der Waals surface area contributed by atoms with E-state index in [9.17, 15) is 40.3 Å². The zero-order valence-electron chi connectivity index (χ0n) is 21.8. The molecular weight excluding hydrogens is 611 g/mol. The van der Waals surface area contributed by atoms with Crippen molar-refractivity contribution in [1.82, 2.24) is 29.6 Å². The fourth-order valence-corrected chi connectivity index (χ4v) is 6.73. The monoisotopic (exact) mass is 634 g/mol. The maximum atomic E-state index is 13.7. The Morgan fingerprint density at radius 2 is 1.88 bits per heavy atom. The second kappa shape index (κ2) is 10.7. The molecule has 2 fully saturated rings. The summed E-state index contributed by atoms with van der Waals surface area (Å²) in [6, 6.07) is 2.24. The molecule has 1 saturated carbocycles. The maximum Gasteiger partial charge on any atom is 0.408 e. The molecule has 0 spiro atoms. The topological polar surface area (TPSA) is 138 Å². The Labute approximate surface area is 239 Å². The molecule has 2 aliphatic rings. The van der Waals surface area contributed by atoms with Crippen LogP contribution >= 0.6 is 11.3 Å². The predicted octanol–water partition coefficient (Wildman–Crippen LogP) is 2.77. The van der Waals surface area contributed by atoms with Gasteiger partial charge < -0.3 is 14.9 Å². The number of alkyl halides is 5. The number of carbonyl (C=O) groups is 1. The summed E-state index contributed by atoms with van der Waals surface area (Å²) < 4.78 is 97.4. The SMILES string of the molecule is [C-]#[N+]C1(NS(=O)(=O)c2cc(N3CCN(C(=O)[C@H](C)O)CC3)c3c(c2)c(-c2nnc(C(F)F)s2)nn3CC(F)(F)F)CC1. The summed E-state index contributed by atoms with van der Waals surface area (Å²) in [5.74, 6) is -0.537. The lowest BCUT2D eigenvalue weighted by Crippen LogP contribution is -2.51. The number of aliphatic hydroxyl groups is 1. The fraction of sp³-hybridized carbons (Fsp3) is 0.522. The summed E-state index contributed by atoms with van der Waals surface area (Å²) in [4.78, 5) is 18.2. The van der Waals surface area contributed by atoms with Gasteiger partial charge in [-0.05, 0) is 19.1 Å². The van der Waals surface area contributed by atoms with Gasteiger partial charge in [0.15, 0.2) is 10.0 Å². The molecule has 1 amide bonds. The highest BCUT2D eigenvalue weighted by Crippen LogP contribution is 2.42. The molecule has 3 aromatic rings. The number of nitrogens with one attached hydrogen (secondary N) is 1. The largest absolute Gasteiger partial charge is 0.408 e. The molecule has 0 radical (unpaired) electrons. The van der Waals surface area contributed by atoms with E-state index in [2.05, 4.69) is 24.9 Å². The molecule has 1 saturated heterocycles. The standard InChI is InChI=1S/C23H23F5N8O4S2/c1-12(37)21(38)35-7-5-34(6-8-35)15-10-13(42(39,40)33-22(29-2)3-4-22)9-14-16(19-30-31-20(41-19)18(24)25)32-36(17(14)15)11-23(26,27)28/h9-10,12,18,33,37H,3-8,11H2,1H3/t12-/m0/s1. The number of benzene rings is 1. The first-order valence-corrected chi connectivity index (χ1v) is 14.8. The second-order valence-electron chi connectivity index (χ2n) is 9.94. The Bertz CT molecular complexity index is 1670. The highest BCUT2D eigenvalue weighted by Gasteiger charge is 2.54. The summed E-state index contributed by atoms with van der Waals surface area (Å²) >= 11 is 0.409. The Balaban J connectivity index is 1.69. The van der Waals surface area contributed by atoms with E-state index < -0.39 is 51.9 Å². The summed E-state index contributed by atoms with van der Waals surface area (Å²) in [6.45, 7) is 7.36. The van der Waals surface area contributed by atoms with Crippen molar-refractivity contribution in [2.45, 2.75) is 55.6 Å². The van der Waals surface area contributed by atoms with Gasteiger partial charge in [-0.25, -0.2) is 23.8 Å². The van der Waals surface area contributed by atoms with E-state index in [-0.39, 0.29) is 71.2 Å². The van der Waals surface area contributed by atoms with Crippen LogP contribution in [0.25, 0.3) is 26.4 Å². The number of halogens is 5. The van der Waals surface area contributed by atoms with E-state index in [4.69, 9.17) is 6.57 Å². The number of fused-ring (bicyclic) bond motifs is 1. The maximum absolute atomic E-state index is 13.7. The quantitative estimate of drug-likeness (QED) is 0.285. The van der Waals surface area contributed by atoms with Crippen LogP contribution in [0.4, 0.5) is 27.6 Å². The normalized spacial score (nSPS) is 18.0. The van der Waals surface area contributed by atoms with E-state index in [0.29, 0.717) is 16.0 Å². The van der Waals surface area contributed by atoms with Gasteiger partial charge in [0, 0.05) is 31.6 Å². The summed E-state index contributed by atoms with van der Waals surface area (Å²) in [7, 11) is -4.39. The van der Waals surface area contributed by atoms with Crippen LogP contribution in [0, 0.1) is 6.57 Å². The number of hydrogen-bond acceptors (Lipinski definition) is 9. The average Bonchev–Trinajstić information content (AvgIpc) is 3.34. The van der Waals surface area contributed by atoms with E-state index in [1.54, 1.807) is 4.90 Å². The minimum atomic E-state index is -4.76. The second-order valence-corrected chi connectivity index (χ2v) is 12.6. The molecule has 2 N–H and O–H groups in total. The first-order valence-electron chi connectivity index (χ1n) is 12.5. The molecule has 1 aliphatic heterocycles. The lowest BCUT2D eigenvalue weighted by molar-refractivity contribution is -0.142. The molecule has 12 nitrogen and oxygen atoms in total. The van der Waals surface area contributed by atoms with Crippen LogP contribution in [-0.4, -0.2) is 88.4 Å². The molecule has 5 rings (SSSR count). The molecule has 42 heavy (non-hydrogen) atoms. The van der Waals surface area contributed by atoms with Gasteiger partial charge in [-0.2, -0.15) is 18.3 Å². The smallest absolute Gasteiger partial charge is 0.384 e. The van der Waals surface area contributed by atoms with Crippen molar-refractivity contribution in [2.75, 3.05) is 31.1 Å². The van der Waals surface area contributed by atoms with Gasteiger partial charge >= 0.3 is 6.18 Å². The molecule has 0 bridgehead atoms. The number of amides is 1. The number of piperazine rings is 1. The van der Waals surface area contributed by atoms with E-state index in [1.807, 2.05) is 0 Å². The van der Waals surface area contributed by atoms with Crippen LogP contribution in [0.1, 0.15) is 31.2 Å². The molecule has 1 aromatic carbocycles. The van der Waals surface area contributed by atoms with Crippen LogP contribution < -0.4 is 9.62 Å². The zero-order valence-corrected chi connectivity index (χ0v) is 23.4. The minimum absolute atomic E-state index is 0.0336. The Kier molecular flexibility index (Phi) is 7.62. The van der Waals surface area contributed by atoms with Crippen molar-refractivity contribution < 1.29 is 40.3 Å². The van der Waals surface area contributed by atoms with Crippen LogP contribution in [0.5, 0.6) is 0 Å². The van der Waals surface area contributed by atoms with Gasteiger partial charge in [0.2, 0.25) is 10.0 Å². The van der Waals surface area contributed by atoms with Gasteiger partial charge in [0.05, 0.1) is 28.9 Å². The Morgan fingerprint density at radius 1 is 1.21 bits per heavy atom. The van der Waals surface area contributed by atoms with Crippen molar-refractivity contribution >= 4 is 43.9 Å². The number of rotatable bonds is 8. The summed E-state index contributed by atoms with van der Waals surface area (Å²) in [5, 5.41) is 19.7. The molecule has 19 heteroatoms. The van der Waals surface area contributed by atoms with Gasteiger partial charge in [0.1, 0.15) is 18.3 Å². The van der Waals surface area contributed by atoms with Crippen molar-refractivity contribution in [2.24, 2.45) is 0 Å². The predicted molar refractivity (Wildman–Crippen MR) is 139 cm³/mol. The number of carbonyl (C=O) groups excluding carboxylic acids is 1. The Hall–Kier alpha value is -3.47. The Morgan fingerprint density at radius 3 is 2.40 bits per heavy atom. The summed E-state index contributed by atoms with van der Waals surface area (Å²) in [6.07, 6.45) is -8.47. The molecule has 1 atom stereocenters. The minimum Gasteiger partial charge on any atom is -0.384 e. The van der Waals surface area contributed by atoms with Crippen LogP contribution in [0.3, 0.4) is 0 Å². The molecule has 0 unspecified atom stereocenters. The van der Waals surface area contributed by atoms with Crippen molar-refractivity contribution in [3.05, 3.63) is 28.6 Å². The van der Waals surface area contributed by atoms with E-state index >= 15 is 0 Å². The number of anilines is 1. The highest BCUT2D eigenvalue weighted by atomic mass is 32.2. The van der Waals surface area contributed by atoms with Gasteiger partial charge in [-0.15, -0.1) is 14.9 Å². The lowest BCUT2D eigenvalue weighted by Gasteiger charge is -2.37. The third-order valence-electron chi connectivity index (χ3n) is 6.82. The fourth-order valence-electron chi connectivity index (χ4n) is 4.62. The third kappa shape index (κ3) is 5.88. The van der Waals surface area contributed by atoms with Crippen molar-refractivity contribution in [1.29, 1.82) is 0 Å². The number of sulfonamides is 1. The van der Waals surface area contributed by atoms with E-state index in [0.717, 1.165) is 6.07 Å². The summed E-state index contributed by atoms with van der Waals surface area (Å²) in [5.41, 5.74) is -1.69. The molecule has 2 aromatic heterocycles. The van der Waals surface area contributed by atoms with Crippen molar-refractivity contribution in [3.63, 3.8) is 0 Å². The van der Waals surface area contributed by atoms with Gasteiger partial charge in [-0.1, -0.05) is 11.3 Å². The molecule has 1 aliphatic carbocycles. The zero-order chi connectivity index (χ0) is 30.6. The first-order chi connectivity index (χ1) is 19.6. The van der Waals surface area contributed by atoms with Crippen LogP contribution in [-0.2, 0) is 21.4 Å². The van der Waals surface area contributed by atoms with Crippen LogP contribution in [0.15, 0.2) is 17.0 Å². The van der Waals surface area contributed by atoms with Gasteiger partial charge in [-0.3, -0.25) is 14.3 Å².